The van der Waals surface area contributed by atoms with Gasteiger partial charge in [0.1, 0.15) is 11.7 Å². The molecule has 0 unspecified atom stereocenters. The molecule has 4 aromatic rings. The molecule has 1 aromatic heterocycles. The number of rotatable bonds is 3. The van der Waals surface area contributed by atoms with Crippen molar-refractivity contribution in [2.45, 2.75) is 6.42 Å². The molecule has 0 fully saturated rings. The molecular formula is C20H19NO4S2. The van der Waals surface area contributed by atoms with Crippen LogP contribution in [0.1, 0.15) is 10.6 Å². The molecule has 0 saturated carbocycles. The minimum absolute atomic E-state index is 0.808. The number of fused-ring (bicyclic) bond motifs is 2. The van der Waals surface area contributed by atoms with E-state index in [9.17, 15) is 13.0 Å². The lowest BCUT2D eigenvalue weighted by Gasteiger charge is -2.03. The molecule has 0 aliphatic carbocycles. The maximum absolute atomic E-state index is 9.22. The molecule has 0 N–H and O–H groups in total. The highest BCUT2D eigenvalue weighted by Gasteiger charge is 2.17. The Morgan fingerprint density at radius 2 is 1.63 bits per heavy atom. The highest BCUT2D eigenvalue weighted by Crippen LogP contribution is 2.25. The van der Waals surface area contributed by atoms with E-state index in [-0.39, 0.29) is 0 Å². The summed E-state index contributed by atoms with van der Waals surface area (Å²) in [6.45, 7) is 0. The summed E-state index contributed by atoms with van der Waals surface area (Å²) in [6, 6.07) is 23.8. The number of aromatic nitrogens is 1. The summed E-state index contributed by atoms with van der Waals surface area (Å²) in [5, 5.41) is 4.07. The van der Waals surface area contributed by atoms with Gasteiger partial charge in [-0.2, -0.15) is 4.57 Å². The van der Waals surface area contributed by atoms with Gasteiger partial charge in [0.05, 0.1) is 13.5 Å². The van der Waals surface area contributed by atoms with E-state index in [0.29, 0.717) is 0 Å². The van der Waals surface area contributed by atoms with E-state index in [1.165, 1.54) is 31.6 Å². The van der Waals surface area contributed by atoms with Crippen molar-refractivity contribution in [3.05, 3.63) is 77.3 Å². The van der Waals surface area contributed by atoms with E-state index in [0.717, 1.165) is 13.5 Å². The molecule has 140 valence electrons. The van der Waals surface area contributed by atoms with Gasteiger partial charge in [0.2, 0.25) is 20.9 Å². The van der Waals surface area contributed by atoms with Crippen molar-refractivity contribution >= 4 is 42.7 Å². The SMILES string of the molecule is COS(=O)(=O)[O-].C[n+]1c(Cc2cccc3ccccc23)sc2ccccc21. The van der Waals surface area contributed by atoms with Gasteiger partial charge in [0.15, 0.2) is 0 Å². The number of hydrogen-bond acceptors (Lipinski definition) is 5. The molecule has 0 aliphatic heterocycles. The molecule has 7 heteroatoms. The molecule has 0 aliphatic rings. The summed E-state index contributed by atoms with van der Waals surface area (Å²) in [5.74, 6) is 0. The Morgan fingerprint density at radius 1 is 1.00 bits per heavy atom. The number of para-hydroxylation sites is 1. The van der Waals surface area contributed by atoms with Gasteiger partial charge in [0, 0.05) is 6.07 Å². The molecule has 0 atom stereocenters. The third kappa shape index (κ3) is 4.70. The molecule has 27 heavy (non-hydrogen) atoms. The minimum atomic E-state index is -4.41. The number of nitrogens with zero attached hydrogens (tertiary/aromatic N) is 1. The van der Waals surface area contributed by atoms with Crippen LogP contribution in [-0.4, -0.2) is 20.1 Å². The Hall–Kier alpha value is -2.32. The minimum Gasteiger partial charge on any atom is -0.726 e. The van der Waals surface area contributed by atoms with Gasteiger partial charge >= 0.3 is 0 Å². The standard InChI is InChI=1S/C19H16NS.CH4O4S/c1-20-17-11-4-5-12-18(17)21-19(20)13-15-9-6-8-14-7-2-3-10-16(14)15;1-5-6(2,3)4/h2-12H,13H2,1H3;1H3,(H,2,3,4)/q+1;/p-1. The first-order chi connectivity index (χ1) is 12.9. The van der Waals surface area contributed by atoms with E-state index >= 15 is 0 Å². The fraction of sp³-hybridized carbons (Fsp3) is 0.150. The summed E-state index contributed by atoms with van der Waals surface area (Å²) in [7, 11) is -1.44. The first kappa shape index (κ1) is 19.4. The van der Waals surface area contributed by atoms with Gasteiger partial charge in [-0.1, -0.05) is 65.9 Å². The van der Waals surface area contributed by atoms with Gasteiger partial charge in [-0.05, 0) is 22.4 Å². The van der Waals surface area contributed by atoms with Crippen LogP contribution in [0.4, 0.5) is 0 Å². The lowest BCUT2D eigenvalue weighted by atomic mass is 10.0. The van der Waals surface area contributed by atoms with E-state index in [1.807, 2.05) is 11.3 Å². The summed E-state index contributed by atoms with van der Waals surface area (Å²) < 4.78 is 34.7. The van der Waals surface area contributed by atoms with Crippen LogP contribution in [0.15, 0.2) is 66.7 Å². The second-order valence-corrected chi connectivity index (χ2v) is 8.18. The van der Waals surface area contributed by atoms with Crippen molar-refractivity contribution in [3.8, 4) is 0 Å². The zero-order valence-electron chi connectivity index (χ0n) is 15.0. The summed E-state index contributed by atoms with van der Waals surface area (Å²) in [6.07, 6.45) is 0.983. The Morgan fingerprint density at radius 3 is 2.33 bits per heavy atom. The molecule has 0 amide bonds. The van der Waals surface area contributed by atoms with Gasteiger partial charge in [-0.15, -0.1) is 0 Å². The molecule has 4 rings (SSSR count). The summed E-state index contributed by atoms with van der Waals surface area (Å²) in [5.41, 5.74) is 2.72. The quantitative estimate of drug-likeness (QED) is 0.299. The van der Waals surface area contributed by atoms with Gasteiger partial charge in [0.25, 0.3) is 0 Å². The average Bonchev–Trinajstić information content (AvgIpc) is 2.98. The van der Waals surface area contributed by atoms with Crippen molar-refractivity contribution in [2.75, 3.05) is 7.11 Å². The summed E-state index contributed by atoms with van der Waals surface area (Å²) in [4.78, 5) is 0. The van der Waals surface area contributed by atoms with E-state index in [2.05, 4.69) is 82.5 Å². The Bertz CT molecular complexity index is 1180. The van der Waals surface area contributed by atoms with Crippen LogP contribution in [-0.2, 0) is 28.1 Å². The smallest absolute Gasteiger partial charge is 0.242 e. The lowest BCUT2D eigenvalue weighted by Crippen LogP contribution is -2.30. The third-order valence-electron chi connectivity index (χ3n) is 4.25. The van der Waals surface area contributed by atoms with Crippen molar-refractivity contribution < 1.29 is 21.7 Å². The first-order valence-corrected chi connectivity index (χ1v) is 10.4. The van der Waals surface area contributed by atoms with Crippen LogP contribution in [0.2, 0.25) is 0 Å². The largest absolute Gasteiger partial charge is 0.726 e. The molecule has 0 radical (unpaired) electrons. The molecule has 0 spiro atoms. The molecule has 0 saturated heterocycles. The first-order valence-electron chi connectivity index (χ1n) is 8.23. The van der Waals surface area contributed by atoms with Crippen LogP contribution >= 0.6 is 11.3 Å². The normalized spacial score (nSPS) is 11.4. The number of hydrogen-bond donors (Lipinski definition) is 0. The van der Waals surface area contributed by atoms with Crippen LogP contribution in [0.25, 0.3) is 21.0 Å². The predicted octanol–water partition coefficient (Wildman–Crippen LogP) is 3.56. The lowest BCUT2D eigenvalue weighted by molar-refractivity contribution is -0.647. The topological polar surface area (TPSA) is 70.3 Å². The van der Waals surface area contributed by atoms with Crippen LogP contribution < -0.4 is 4.57 Å². The third-order valence-corrected chi connectivity index (χ3v) is 5.88. The van der Waals surface area contributed by atoms with Gasteiger partial charge < -0.3 is 4.55 Å². The monoisotopic (exact) mass is 401 g/mol. The molecule has 1 heterocycles. The van der Waals surface area contributed by atoms with Crippen molar-refractivity contribution in [2.24, 2.45) is 7.05 Å². The zero-order valence-corrected chi connectivity index (χ0v) is 16.6. The molecule has 0 bridgehead atoms. The van der Waals surface area contributed by atoms with Gasteiger partial charge in [-0.25, -0.2) is 8.42 Å². The Balaban J connectivity index is 0.000000307. The van der Waals surface area contributed by atoms with Crippen LogP contribution in [0.5, 0.6) is 0 Å². The highest BCUT2D eigenvalue weighted by atomic mass is 32.3. The van der Waals surface area contributed by atoms with Crippen LogP contribution in [0.3, 0.4) is 0 Å². The molecule has 5 nitrogen and oxygen atoms in total. The van der Waals surface area contributed by atoms with E-state index in [4.69, 9.17) is 0 Å². The van der Waals surface area contributed by atoms with Crippen molar-refractivity contribution in [3.63, 3.8) is 0 Å². The van der Waals surface area contributed by atoms with E-state index in [1.54, 1.807) is 0 Å². The highest BCUT2D eigenvalue weighted by molar-refractivity contribution is 7.80. The maximum atomic E-state index is 9.22. The fourth-order valence-corrected chi connectivity index (χ4v) is 4.09. The molecule has 3 aromatic carbocycles. The fourth-order valence-electron chi connectivity index (χ4n) is 2.91. The summed E-state index contributed by atoms with van der Waals surface area (Å²) >= 11 is 1.89. The zero-order chi connectivity index (χ0) is 19.4. The number of benzene rings is 3. The average molecular weight is 402 g/mol. The Labute approximate surface area is 162 Å². The predicted molar refractivity (Wildman–Crippen MR) is 106 cm³/mol. The van der Waals surface area contributed by atoms with Crippen LogP contribution in [0, 0.1) is 0 Å². The number of aryl methyl sites for hydroxylation is 1. The molecular weight excluding hydrogens is 382 g/mol. The Kier molecular flexibility index (Phi) is 5.86. The second-order valence-electron chi connectivity index (χ2n) is 5.91. The number of thiazole rings is 1. The van der Waals surface area contributed by atoms with Crippen molar-refractivity contribution in [1.29, 1.82) is 0 Å². The van der Waals surface area contributed by atoms with E-state index < -0.39 is 10.4 Å². The maximum Gasteiger partial charge on any atom is 0.242 e. The van der Waals surface area contributed by atoms with Gasteiger partial charge in [-0.3, -0.25) is 4.18 Å². The van der Waals surface area contributed by atoms with Crippen molar-refractivity contribution in [1.82, 2.24) is 0 Å². The second kappa shape index (κ2) is 8.14.